The van der Waals surface area contributed by atoms with Crippen LogP contribution in [0.25, 0.3) is 27.9 Å². The van der Waals surface area contributed by atoms with E-state index in [0.29, 0.717) is 12.4 Å². The minimum absolute atomic E-state index is 0.566. The van der Waals surface area contributed by atoms with Gasteiger partial charge in [-0.1, -0.05) is 12.1 Å². The molecule has 0 saturated carbocycles. The second-order valence-corrected chi connectivity index (χ2v) is 7.26. The van der Waals surface area contributed by atoms with Crippen LogP contribution >= 0.6 is 15.9 Å². The van der Waals surface area contributed by atoms with Gasteiger partial charge in [0, 0.05) is 40.2 Å². The summed E-state index contributed by atoms with van der Waals surface area (Å²) in [5.41, 5.74) is 3.67. The van der Waals surface area contributed by atoms with Crippen LogP contribution in [0.2, 0.25) is 0 Å². The van der Waals surface area contributed by atoms with Crippen molar-refractivity contribution in [1.82, 2.24) is 24.3 Å². The summed E-state index contributed by atoms with van der Waals surface area (Å²) >= 11 is 3.49. The standard InChI is InChI=1S/C21H15BrN6/c22-15-5-6-19-25-16(13-28(19)12-15)11-24-21-17-3-1-2-4-18(17)26-20(27-21)14-7-9-23-10-8-14/h1-10,12-13H,11H2,(H,24,26,27). The van der Waals surface area contributed by atoms with Crippen LogP contribution in [0.3, 0.4) is 0 Å². The number of para-hydroxylation sites is 1. The highest BCUT2D eigenvalue weighted by molar-refractivity contribution is 9.10. The van der Waals surface area contributed by atoms with Crippen LogP contribution < -0.4 is 5.32 Å². The second kappa shape index (κ2) is 7.01. The lowest BCUT2D eigenvalue weighted by molar-refractivity contribution is 1.06. The number of rotatable bonds is 4. The highest BCUT2D eigenvalue weighted by Crippen LogP contribution is 2.25. The van der Waals surface area contributed by atoms with Gasteiger partial charge >= 0.3 is 0 Å². The van der Waals surface area contributed by atoms with Gasteiger partial charge < -0.3 is 9.72 Å². The number of hydrogen-bond donors (Lipinski definition) is 1. The summed E-state index contributed by atoms with van der Waals surface area (Å²) in [6, 6.07) is 15.8. The van der Waals surface area contributed by atoms with Gasteiger partial charge in [0.05, 0.1) is 17.8 Å². The lowest BCUT2D eigenvalue weighted by Crippen LogP contribution is -2.04. The maximum atomic E-state index is 4.76. The maximum absolute atomic E-state index is 4.76. The number of benzene rings is 1. The number of anilines is 1. The van der Waals surface area contributed by atoms with E-state index >= 15 is 0 Å². The number of halogens is 1. The van der Waals surface area contributed by atoms with Crippen molar-refractivity contribution in [2.24, 2.45) is 0 Å². The van der Waals surface area contributed by atoms with Gasteiger partial charge in [-0.15, -0.1) is 0 Å². The molecule has 7 heteroatoms. The average Bonchev–Trinajstić information content (AvgIpc) is 3.14. The molecule has 0 aliphatic heterocycles. The van der Waals surface area contributed by atoms with Crippen molar-refractivity contribution in [3.05, 3.63) is 83.5 Å². The molecule has 28 heavy (non-hydrogen) atoms. The van der Waals surface area contributed by atoms with Gasteiger partial charge in [-0.2, -0.15) is 0 Å². The van der Waals surface area contributed by atoms with Gasteiger partial charge in [-0.25, -0.2) is 15.0 Å². The highest BCUT2D eigenvalue weighted by atomic mass is 79.9. The lowest BCUT2D eigenvalue weighted by atomic mass is 10.2. The molecule has 136 valence electrons. The van der Waals surface area contributed by atoms with Crippen LogP contribution in [0.15, 0.2) is 77.8 Å². The van der Waals surface area contributed by atoms with Crippen molar-refractivity contribution in [1.29, 1.82) is 0 Å². The van der Waals surface area contributed by atoms with Crippen LogP contribution in [0.5, 0.6) is 0 Å². The van der Waals surface area contributed by atoms with Gasteiger partial charge in [0.15, 0.2) is 5.82 Å². The molecule has 0 fully saturated rings. The van der Waals surface area contributed by atoms with E-state index in [4.69, 9.17) is 9.97 Å². The summed E-state index contributed by atoms with van der Waals surface area (Å²) in [5, 5.41) is 4.41. The zero-order valence-electron chi connectivity index (χ0n) is 14.7. The monoisotopic (exact) mass is 430 g/mol. The van der Waals surface area contributed by atoms with Crippen molar-refractivity contribution >= 4 is 38.3 Å². The fraction of sp³-hybridized carbons (Fsp3) is 0.0476. The minimum atomic E-state index is 0.566. The second-order valence-electron chi connectivity index (χ2n) is 6.35. The molecule has 0 spiro atoms. The first-order chi connectivity index (χ1) is 13.8. The summed E-state index contributed by atoms with van der Waals surface area (Å²) in [4.78, 5) is 18.2. The maximum Gasteiger partial charge on any atom is 0.162 e. The molecular formula is C21H15BrN6. The molecule has 0 aliphatic carbocycles. The van der Waals surface area contributed by atoms with Crippen LogP contribution in [-0.4, -0.2) is 24.3 Å². The topological polar surface area (TPSA) is 68.0 Å². The van der Waals surface area contributed by atoms with Crippen molar-refractivity contribution in [3.8, 4) is 11.4 Å². The third kappa shape index (κ3) is 3.20. The number of hydrogen-bond acceptors (Lipinski definition) is 5. The Balaban J connectivity index is 1.51. The molecule has 0 atom stereocenters. The molecule has 6 nitrogen and oxygen atoms in total. The SMILES string of the molecule is Brc1ccc2nc(CNc3nc(-c4ccncc4)nc4ccccc34)cn2c1. The smallest absolute Gasteiger partial charge is 0.162 e. The van der Waals surface area contributed by atoms with Crippen molar-refractivity contribution in [2.45, 2.75) is 6.54 Å². The molecule has 0 radical (unpaired) electrons. The quantitative estimate of drug-likeness (QED) is 0.446. The zero-order valence-corrected chi connectivity index (χ0v) is 16.3. The first-order valence-electron chi connectivity index (χ1n) is 8.80. The number of pyridine rings is 2. The Bertz CT molecular complexity index is 1280. The Morgan fingerprint density at radius 3 is 2.64 bits per heavy atom. The molecule has 4 aromatic heterocycles. The predicted octanol–water partition coefficient (Wildman–Crippen LogP) is 4.71. The Kier molecular flexibility index (Phi) is 4.21. The number of fused-ring (bicyclic) bond motifs is 2. The largest absolute Gasteiger partial charge is 0.364 e. The van der Waals surface area contributed by atoms with Crippen LogP contribution in [0, 0.1) is 0 Å². The molecule has 5 aromatic rings. The molecular weight excluding hydrogens is 416 g/mol. The number of imidazole rings is 1. The van der Waals surface area contributed by atoms with E-state index < -0.39 is 0 Å². The van der Waals surface area contributed by atoms with Gasteiger partial charge in [-0.05, 0) is 52.3 Å². The first-order valence-corrected chi connectivity index (χ1v) is 9.60. The van der Waals surface area contributed by atoms with Gasteiger partial charge in [0.1, 0.15) is 11.5 Å². The summed E-state index contributed by atoms with van der Waals surface area (Å²) in [6.07, 6.45) is 7.50. The van der Waals surface area contributed by atoms with Gasteiger partial charge in [0.2, 0.25) is 0 Å². The van der Waals surface area contributed by atoms with E-state index in [1.54, 1.807) is 12.4 Å². The van der Waals surface area contributed by atoms with E-state index in [2.05, 4.69) is 31.2 Å². The van der Waals surface area contributed by atoms with Crippen molar-refractivity contribution in [3.63, 3.8) is 0 Å². The Morgan fingerprint density at radius 1 is 0.893 bits per heavy atom. The first kappa shape index (κ1) is 16.8. The van der Waals surface area contributed by atoms with Crippen LogP contribution in [0.4, 0.5) is 5.82 Å². The predicted molar refractivity (Wildman–Crippen MR) is 113 cm³/mol. The highest BCUT2D eigenvalue weighted by Gasteiger charge is 2.10. The zero-order chi connectivity index (χ0) is 18.9. The number of nitrogens with zero attached hydrogens (tertiary/aromatic N) is 5. The fourth-order valence-electron chi connectivity index (χ4n) is 3.12. The van der Waals surface area contributed by atoms with Gasteiger partial charge in [0.25, 0.3) is 0 Å². The molecule has 0 amide bonds. The summed E-state index contributed by atoms with van der Waals surface area (Å²) in [6.45, 7) is 0.566. The molecule has 0 bridgehead atoms. The molecule has 5 rings (SSSR count). The number of aromatic nitrogens is 5. The molecule has 1 aromatic carbocycles. The molecule has 0 aliphatic rings. The Hall–Kier alpha value is -3.32. The van der Waals surface area contributed by atoms with E-state index in [-0.39, 0.29) is 0 Å². The molecule has 1 N–H and O–H groups in total. The molecule has 4 heterocycles. The Morgan fingerprint density at radius 2 is 1.75 bits per heavy atom. The lowest BCUT2D eigenvalue weighted by Gasteiger charge is -2.10. The van der Waals surface area contributed by atoms with E-state index in [1.807, 2.05) is 65.3 Å². The minimum Gasteiger partial charge on any atom is -0.364 e. The fourth-order valence-corrected chi connectivity index (χ4v) is 3.47. The third-order valence-electron chi connectivity index (χ3n) is 4.44. The van der Waals surface area contributed by atoms with Crippen LogP contribution in [0.1, 0.15) is 5.69 Å². The average molecular weight is 431 g/mol. The van der Waals surface area contributed by atoms with E-state index in [9.17, 15) is 0 Å². The van der Waals surface area contributed by atoms with E-state index in [0.717, 1.165) is 38.1 Å². The normalized spacial score (nSPS) is 11.2. The summed E-state index contributed by atoms with van der Waals surface area (Å²) in [7, 11) is 0. The number of nitrogens with one attached hydrogen (secondary N) is 1. The van der Waals surface area contributed by atoms with Gasteiger partial charge in [-0.3, -0.25) is 4.98 Å². The van der Waals surface area contributed by atoms with E-state index in [1.165, 1.54) is 0 Å². The Labute approximate surface area is 169 Å². The van der Waals surface area contributed by atoms with Crippen LogP contribution in [-0.2, 0) is 6.54 Å². The molecule has 0 unspecified atom stereocenters. The molecule has 0 saturated heterocycles. The third-order valence-corrected chi connectivity index (χ3v) is 4.91. The van der Waals surface area contributed by atoms with Crippen molar-refractivity contribution in [2.75, 3.05) is 5.32 Å². The van der Waals surface area contributed by atoms with Crippen molar-refractivity contribution < 1.29 is 0 Å². The summed E-state index contributed by atoms with van der Waals surface area (Å²) < 4.78 is 3.02. The summed E-state index contributed by atoms with van der Waals surface area (Å²) in [5.74, 6) is 1.46.